The monoisotopic (exact) mass is 440 g/mol. The predicted octanol–water partition coefficient (Wildman–Crippen LogP) is 4.66. The minimum Gasteiger partial charge on any atom is -0.378 e. The lowest BCUT2D eigenvalue weighted by Gasteiger charge is -2.27. The molecule has 1 saturated carbocycles. The molecule has 1 atom stereocenters. The van der Waals surface area contributed by atoms with Crippen molar-refractivity contribution in [3.05, 3.63) is 34.7 Å². The summed E-state index contributed by atoms with van der Waals surface area (Å²) in [5.41, 5.74) is 1.17. The number of rotatable bonds is 5. The average Bonchev–Trinajstić information content (AvgIpc) is 3.56. The van der Waals surface area contributed by atoms with E-state index in [9.17, 15) is 9.59 Å². The summed E-state index contributed by atoms with van der Waals surface area (Å²) in [5, 5.41) is 1.19. The van der Waals surface area contributed by atoms with E-state index in [-0.39, 0.29) is 11.8 Å². The molecule has 5 rings (SSSR count). The third kappa shape index (κ3) is 4.37. The maximum atomic E-state index is 13.4. The van der Waals surface area contributed by atoms with Crippen LogP contribution in [-0.4, -0.2) is 61.0 Å². The van der Waals surface area contributed by atoms with Crippen LogP contribution in [0.25, 0.3) is 10.1 Å². The molecule has 1 aromatic heterocycles. The molecule has 0 unspecified atom stereocenters. The van der Waals surface area contributed by atoms with Gasteiger partial charge in [0.05, 0.1) is 18.1 Å². The van der Waals surface area contributed by atoms with Crippen molar-refractivity contribution in [1.82, 2.24) is 9.80 Å². The molecular weight excluding hydrogens is 408 g/mol. The van der Waals surface area contributed by atoms with E-state index in [0.29, 0.717) is 38.6 Å². The van der Waals surface area contributed by atoms with Gasteiger partial charge in [0.25, 0.3) is 5.91 Å². The Hall–Kier alpha value is -1.92. The van der Waals surface area contributed by atoms with Gasteiger partial charge < -0.3 is 14.5 Å². The van der Waals surface area contributed by atoms with E-state index in [1.54, 1.807) is 11.3 Å². The van der Waals surface area contributed by atoms with Crippen LogP contribution in [0.15, 0.2) is 24.3 Å². The second kappa shape index (κ2) is 9.29. The summed E-state index contributed by atoms with van der Waals surface area (Å²) in [6.07, 6.45) is 7.92. The van der Waals surface area contributed by atoms with Crippen LogP contribution in [0, 0.1) is 5.92 Å². The first-order chi connectivity index (χ1) is 15.2. The van der Waals surface area contributed by atoms with Gasteiger partial charge in [0.15, 0.2) is 0 Å². The highest BCUT2D eigenvalue weighted by Crippen LogP contribution is 2.41. The number of nitrogens with zero attached hydrogens (tertiary/aromatic N) is 2. The molecule has 2 saturated heterocycles. The predicted molar refractivity (Wildman–Crippen MR) is 124 cm³/mol. The van der Waals surface area contributed by atoms with Gasteiger partial charge in [-0.25, -0.2) is 0 Å². The largest absolute Gasteiger partial charge is 0.378 e. The van der Waals surface area contributed by atoms with Gasteiger partial charge in [0.2, 0.25) is 5.91 Å². The molecule has 5 nitrogen and oxygen atoms in total. The number of carbonyl (C=O) groups excluding carboxylic acids is 2. The Labute approximate surface area is 188 Å². The Morgan fingerprint density at radius 1 is 1.00 bits per heavy atom. The van der Waals surface area contributed by atoms with Crippen molar-refractivity contribution in [1.29, 1.82) is 0 Å². The van der Waals surface area contributed by atoms with Crippen molar-refractivity contribution in [3.63, 3.8) is 0 Å². The summed E-state index contributed by atoms with van der Waals surface area (Å²) in [6, 6.07) is 8.35. The number of hydrogen-bond acceptors (Lipinski definition) is 4. The van der Waals surface area contributed by atoms with E-state index in [0.717, 1.165) is 36.7 Å². The Kier molecular flexibility index (Phi) is 6.28. The summed E-state index contributed by atoms with van der Waals surface area (Å²) in [6.45, 7) is 4.08. The van der Waals surface area contributed by atoms with Crippen LogP contribution in [0.1, 0.15) is 66.1 Å². The van der Waals surface area contributed by atoms with E-state index in [2.05, 4.69) is 23.1 Å². The lowest BCUT2D eigenvalue weighted by molar-refractivity contribution is -0.130. The molecule has 6 heteroatoms. The zero-order valence-electron chi connectivity index (χ0n) is 18.2. The van der Waals surface area contributed by atoms with Crippen LogP contribution in [0.3, 0.4) is 0 Å². The second-order valence-electron chi connectivity index (χ2n) is 9.26. The Morgan fingerprint density at radius 3 is 2.58 bits per heavy atom. The number of benzene rings is 1. The lowest BCUT2D eigenvalue weighted by atomic mass is 9.94. The van der Waals surface area contributed by atoms with Crippen LogP contribution >= 0.6 is 11.3 Å². The van der Waals surface area contributed by atoms with E-state index in [1.807, 2.05) is 11.0 Å². The highest BCUT2D eigenvalue weighted by Gasteiger charge is 2.34. The number of morpholine rings is 1. The molecule has 1 aromatic carbocycles. The zero-order valence-corrected chi connectivity index (χ0v) is 19.0. The Balaban J connectivity index is 1.34. The topological polar surface area (TPSA) is 49.9 Å². The van der Waals surface area contributed by atoms with Crippen molar-refractivity contribution in [3.8, 4) is 0 Å². The molecule has 0 spiro atoms. The molecule has 0 N–H and O–H groups in total. The average molecular weight is 441 g/mol. The van der Waals surface area contributed by atoms with Crippen molar-refractivity contribution in [2.45, 2.75) is 50.9 Å². The van der Waals surface area contributed by atoms with E-state index in [1.165, 1.54) is 41.3 Å². The summed E-state index contributed by atoms with van der Waals surface area (Å²) in [7, 11) is 0. The number of thiophene rings is 1. The molecule has 1 aliphatic carbocycles. The summed E-state index contributed by atoms with van der Waals surface area (Å²) in [5.74, 6) is 1.42. The number of amides is 2. The van der Waals surface area contributed by atoms with Crippen molar-refractivity contribution < 1.29 is 14.3 Å². The molecule has 0 radical (unpaired) electrons. The molecular formula is C25H32N2O3S. The normalized spacial score (nSPS) is 22.5. The SMILES string of the molecule is O=C(CCC1CCCC1)N1CC[C@@H](c2c(C(=O)N3CCOCC3)sc3ccccc23)C1. The fourth-order valence-electron chi connectivity index (χ4n) is 5.55. The molecule has 3 aliphatic rings. The third-order valence-corrected chi connectivity index (χ3v) is 8.49. The molecule has 166 valence electrons. The fraction of sp³-hybridized carbons (Fsp3) is 0.600. The van der Waals surface area contributed by atoms with Crippen LogP contribution in [0.2, 0.25) is 0 Å². The van der Waals surface area contributed by atoms with Gasteiger partial charge in [-0.2, -0.15) is 0 Å². The maximum Gasteiger partial charge on any atom is 0.264 e. The molecule has 2 aromatic rings. The second-order valence-corrected chi connectivity index (χ2v) is 10.3. The molecule has 3 heterocycles. The van der Waals surface area contributed by atoms with Crippen molar-refractivity contribution in [2.24, 2.45) is 5.92 Å². The number of likely N-dealkylation sites (tertiary alicyclic amines) is 1. The van der Waals surface area contributed by atoms with E-state index < -0.39 is 0 Å². The van der Waals surface area contributed by atoms with Crippen LogP contribution in [0.5, 0.6) is 0 Å². The van der Waals surface area contributed by atoms with Crippen LogP contribution in [0.4, 0.5) is 0 Å². The molecule has 2 amide bonds. The number of fused-ring (bicyclic) bond motifs is 1. The van der Waals surface area contributed by atoms with Crippen LogP contribution in [-0.2, 0) is 9.53 Å². The van der Waals surface area contributed by atoms with Crippen molar-refractivity contribution in [2.75, 3.05) is 39.4 Å². The van der Waals surface area contributed by atoms with Gasteiger partial charge >= 0.3 is 0 Å². The van der Waals surface area contributed by atoms with Gasteiger partial charge in [-0.15, -0.1) is 11.3 Å². The minimum absolute atomic E-state index is 0.130. The number of carbonyl (C=O) groups is 2. The van der Waals surface area contributed by atoms with Gasteiger partial charge in [-0.05, 0) is 35.8 Å². The molecule has 31 heavy (non-hydrogen) atoms. The Bertz CT molecular complexity index is 943. The van der Waals surface area contributed by atoms with Crippen molar-refractivity contribution >= 4 is 33.2 Å². The number of ether oxygens (including phenoxy) is 1. The van der Waals surface area contributed by atoms with Gasteiger partial charge in [0.1, 0.15) is 0 Å². The smallest absolute Gasteiger partial charge is 0.264 e. The van der Waals surface area contributed by atoms with E-state index >= 15 is 0 Å². The van der Waals surface area contributed by atoms with E-state index in [4.69, 9.17) is 4.74 Å². The third-order valence-electron chi connectivity index (χ3n) is 7.32. The first-order valence-electron chi connectivity index (χ1n) is 11.9. The van der Waals surface area contributed by atoms with Gasteiger partial charge in [-0.3, -0.25) is 9.59 Å². The Morgan fingerprint density at radius 2 is 1.77 bits per heavy atom. The quantitative estimate of drug-likeness (QED) is 0.679. The first-order valence-corrected chi connectivity index (χ1v) is 12.7. The van der Waals surface area contributed by atoms with Gasteiger partial charge in [0, 0.05) is 43.2 Å². The standard InChI is InChI=1S/C25H32N2O3S/c28-22(10-9-18-5-1-2-6-18)27-12-11-19(17-27)23-20-7-3-4-8-21(20)31-24(23)25(29)26-13-15-30-16-14-26/h3-4,7-8,18-19H,1-2,5-6,9-17H2/t19-/m1/s1. The van der Waals surface area contributed by atoms with Gasteiger partial charge in [-0.1, -0.05) is 43.9 Å². The fourth-order valence-corrected chi connectivity index (χ4v) is 6.80. The summed E-state index contributed by atoms with van der Waals surface area (Å²) in [4.78, 5) is 31.1. The molecule has 3 fully saturated rings. The highest BCUT2D eigenvalue weighted by atomic mass is 32.1. The summed E-state index contributed by atoms with van der Waals surface area (Å²) >= 11 is 1.61. The lowest BCUT2D eigenvalue weighted by Crippen LogP contribution is -2.40. The summed E-state index contributed by atoms with van der Waals surface area (Å²) < 4.78 is 6.61. The maximum absolute atomic E-state index is 13.4. The number of hydrogen-bond donors (Lipinski definition) is 0. The minimum atomic E-state index is 0.130. The first kappa shape index (κ1) is 21.0. The molecule has 0 bridgehead atoms. The highest BCUT2D eigenvalue weighted by molar-refractivity contribution is 7.21. The van der Waals surface area contributed by atoms with Crippen LogP contribution < -0.4 is 0 Å². The zero-order chi connectivity index (χ0) is 21.2. The molecule has 2 aliphatic heterocycles.